The van der Waals surface area contributed by atoms with Gasteiger partial charge in [-0.05, 0) is 153 Å². The summed E-state index contributed by atoms with van der Waals surface area (Å²) in [4.78, 5) is 67.7. The van der Waals surface area contributed by atoms with Crippen LogP contribution in [0.1, 0.15) is 43.3 Å². The molecule has 0 aliphatic heterocycles. The molecule has 0 unspecified atom stereocenters. The Bertz CT molecular complexity index is 3600. The number of amides is 6. The fourth-order valence-electron chi connectivity index (χ4n) is 7.23. The average Bonchev–Trinajstić information content (AvgIpc) is 4.28. The first-order valence-corrected chi connectivity index (χ1v) is 26.0. The number of thiazole rings is 2. The molecule has 6 amide bonds. The molecule has 0 aliphatic carbocycles. The van der Waals surface area contributed by atoms with E-state index in [9.17, 15) is 19.2 Å². The molecule has 8 N–H and O–H groups in total. The lowest BCUT2D eigenvalue weighted by molar-refractivity contribution is 0.101. The van der Waals surface area contributed by atoms with Gasteiger partial charge in [0, 0.05) is 91.9 Å². The van der Waals surface area contributed by atoms with E-state index in [0.717, 1.165) is 60.3 Å². The fourth-order valence-corrected chi connectivity index (χ4v) is 9.31. The van der Waals surface area contributed by atoms with E-state index >= 15 is 0 Å². The van der Waals surface area contributed by atoms with E-state index in [1.165, 1.54) is 34.0 Å². The van der Waals surface area contributed by atoms with Crippen LogP contribution in [0.15, 0.2) is 167 Å². The summed E-state index contributed by atoms with van der Waals surface area (Å²) >= 11 is 4.43. The highest BCUT2D eigenvalue weighted by atomic mass is 32.1. The number of hydrogen-bond acceptors (Lipinski definition) is 15. The highest BCUT2D eigenvalue weighted by Crippen LogP contribution is 2.32. The summed E-state index contributed by atoms with van der Waals surface area (Å²) in [6, 6.07) is 35.2. The van der Waals surface area contributed by atoms with E-state index < -0.39 is 6.03 Å². The molecule has 0 saturated carbocycles. The van der Waals surface area contributed by atoms with Crippen molar-refractivity contribution in [2.24, 2.45) is 0 Å². The topological polar surface area (TPSA) is 242 Å². The number of carbonyl (C=O) groups is 4. The van der Waals surface area contributed by atoms with Crippen LogP contribution in [0, 0.1) is 27.7 Å². The van der Waals surface area contributed by atoms with Crippen LogP contribution in [0.3, 0.4) is 0 Å². The molecule has 6 aromatic heterocycles. The molecule has 21 heteroatoms. The van der Waals surface area contributed by atoms with Gasteiger partial charge in [-0.3, -0.25) is 24.9 Å². The standard InChI is InChI=1S/C28H25N7O3S.C27H22N6O2S2/c1-16-6-9-22(13-23(16)32-28-33-24(15-39-28)20-5-4-12-29-14-20)30-26(36)19-7-10-21(11-8-19)31-27(37)34-25-17(2)35-38-18(25)3;1-17-6-9-21(14-22(17)31-27-32-23(16-37-27)19-4-2-12-28-15-19)29-25(34)18-7-10-20(11-8-18)30-26(35)33-24-5-3-13-36-24/h4-15H,1-3H3,(H,30,36)(H,32,33)(H2,31,34,37);2-16H,1H3,(H,29,34)(H,31,32)(H2,30,33,35). The van der Waals surface area contributed by atoms with Gasteiger partial charge in [-0.2, -0.15) is 0 Å². The van der Waals surface area contributed by atoms with E-state index in [1.54, 1.807) is 87.2 Å². The number of thiophene rings is 1. The molecule has 10 aromatic rings. The Balaban J connectivity index is 0.000000186. The summed E-state index contributed by atoms with van der Waals surface area (Å²) in [5, 5.41) is 35.4. The Morgan fingerprint density at radius 1 is 0.500 bits per heavy atom. The van der Waals surface area contributed by atoms with Crippen LogP contribution in [0.4, 0.5) is 64.7 Å². The van der Waals surface area contributed by atoms with Gasteiger partial charge in [0.1, 0.15) is 11.4 Å². The molecule has 0 bridgehead atoms. The Labute approximate surface area is 448 Å². The number of rotatable bonds is 14. The molecule has 18 nitrogen and oxygen atoms in total. The van der Waals surface area contributed by atoms with Crippen molar-refractivity contribution in [1.29, 1.82) is 0 Å². The molecule has 4 aromatic carbocycles. The van der Waals surface area contributed by atoms with Crippen molar-refractivity contribution in [3.63, 3.8) is 0 Å². The largest absolute Gasteiger partial charge is 0.359 e. The zero-order chi connectivity index (χ0) is 53.0. The normalized spacial score (nSPS) is 10.6. The minimum absolute atomic E-state index is 0.252. The highest BCUT2D eigenvalue weighted by molar-refractivity contribution is 7.14. The van der Waals surface area contributed by atoms with Crippen LogP contribution < -0.4 is 42.5 Å². The Kier molecular flexibility index (Phi) is 16.2. The Hall–Kier alpha value is -9.57. The number of pyridine rings is 2. The summed E-state index contributed by atoms with van der Waals surface area (Å²) < 4.78 is 5.05. The van der Waals surface area contributed by atoms with Crippen molar-refractivity contribution in [1.82, 2.24) is 25.1 Å². The number of anilines is 10. The zero-order valence-electron chi connectivity index (χ0n) is 41.1. The Morgan fingerprint density at radius 3 is 1.42 bits per heavy atom. The number of nitrogens with one attached hydrogen (secondary N) is 8. The molecule has 0 saturated heterocycles. The van der Waals surface area contributed by atoms with Crippen molar-refractivity contribution in [2.75, 3.05) is 42.5 Å². The lowest BCUT2D eigenvalue weighted by Gasteiger charge is -2.11. The summed E-state index contributed by atoms with van der Waals surface area (Å²) in [6.45, 7) is 7.43. The molecule has 0 aliphatic rings. The second kappa shape index (κ2) is 24.0. The van der Waals surface area contributed by atoms with E-state index in [-0.39, 0.29) is 17.8 Å². The van der Waals surface area contributed by atoms with Crippen LogP contribution in [0.25, 0.3) is 22.5 Å². The summed E-state index contributed by atoms with van der Waals surface area (Å²) in [7, 11) is 0. The maximum atomic E-state index is 12.9. The number of benzene rings is 4. The van der Waals surface area contributed by atoms with Gasteiger partial charge < -0.3 is 41.7 Å². The van der Waals surface area contributed by atoms with Gasteiger partial charge in [0.25, 0.3) is 11.8 Å². The zero-order valence-corrected chi connectivity index (χ0v) is 43.5. The van der Waals surface area contributed by atoms with Crippen molar-refractivity contribution in [2.45, 2.75) is 27.7 Å². The lowest BCUT2D eigenvalue weighted by atomic mass is 10.1. The summed E-state index contributed by atoms with van der Waals surface area (Å²) in [5.74, 6) is -0.00703. The van der Waals surface area contributed by atoms with Crippen molar-refractivity contribution in [3.8, 4) is 22.5 Å². The van der Waals surface area contributed by atoms with Gasteiger partial charge in [0.15, 0.2) is 16.0 Å². The molecular formula is C55H47N13O5S3. The van der Waals surface area contributed by atoms with Crippen LogP contribution >= 0.6 is 34.0 Å². The van der Waals surface area contributed by atoms with Gasteiger partial charge in [-0.15, -0.1) is 34.0 Å². The molecule has 10 rings (SSSR count). The molecule has 6 heterocycles. The van der Waals surface area contributed by atoms with Crippen LogP contribution in [0.2, 0.25) is 0 Å². The van der Waals surface area contributed by atoms with Gasteiger partial charge in [0.2, 0.25) is 0 Å². The van der Waals surface area contributed by atoms with Crippen molar-refractivity contribution >= 4 is 113 Å². The number of aromatic nitrogens is 5. The predicted molar refractivity (Wildman–Crippen MR) is 304 cm³/mol. The number of aryl methyl sites for hydroxylation is 4. The monoisotopic (exact) mass is 1070 g/mol. The number of hydrogen-bond donors (Lipinski definition) is 8. The van der Waals surface area contributed by atoms with E-state index in [1.807, 2.05) is 103 Å². The summed E-state index contributed by atoms with van der Waals surface area (Å²) in [6.07, 6.45) is 7.02. The SMILES string of the molecule is Cc1ccc(NC(=O)c2ccc(NC(=O)Nc3c(C)noc3C)cc2)cc1Nc1nc(-c2cccnc2)cs1.Cc1ccc(NC(=O)c2ccc(NC(=O)Nc3cccs3)cc2)cc1Nc1nc(-c2cccnc2)cs1. The van der Waals surface area contributed by atoms with Gasteiger partial charge in [0.05, 0.1) is 16.4 Å². The third-order valence-electron chi connectivity index (χ3n) is 11.2. The van der Waals surface area contributed by atoms with E-state index in [4.69, 9.17) is 4.52 Å². The first kappa shape index (κ1) is 51.3. The first-order chi connectivity index (χ1) is 36.9. The highest BCUT2D eigenvalue weighted by Gasteiger charge is 2.15. The van der Waals surface area contributed by atoms with Crippen LogP contribution in [-0.4, -0.2) is 49.0 Å². The molecule has 0 spiro atoms. The molecule has 380 valence electrons. The van der Waals surface area contributed by atoms with Crippen molar-refractivity contribution < 1.29 is 23.7 Å². The van der Waals surface area contributed by atoms with Crippen LogP contribution in [0.5, 0.6) is 0 Å². The average molecular weight is 1070 g/mol. The third-order valence-corrected chi connectivity index (χ3v) is 13.5. The van der Waals surface area contributed by atoms with E-state index in [0.29, 0.717) is 51.0 Å². The maximum Gasteiger partial charge on any atom is 0.324 e. The number of nitrogens with zero attached hydrogens (tertiary/aromatic N) is 5. The predicted octanol–water partition coefficient (Wildman–Crippen LogP) is 14.0. The van der Waals surface area contributed by atoms with Gasteiger partial charge in [-0.25, -0.2) is 19.6 Å². The smallest absolute Gasteiger partial charge is 0.324 e. The minimum Gasteiger partial charge on any atom is -0.359 e. The summed E-state index contributed by atoms with van der Waals surface area (Å²) in [5.41, 5.74) is 11.8. The van der Waals surface area contributed by atoms with E-state index in [2.05, 4.69) is 67.6 Å². The second-order valence-electron chi connectivity index (χ2n) is 16.8. The van der Waals surface area contributed by atoms with Gasteiger partial charge >= 0.3 is 12.1 Å². The second-order valence-corrected chi connectivity index (χ2v) is 19.4. The van der Waals surface area contributed by atoms with Crippen LogP contribution in [-0.2, 0) is 0 Å². The third kappa shape index (κ3) is 13.5. The number of carbonyl (C=O) groups excluding carboxylic acids is 4. The molecule has 0 radical (unpaired) electrons. The maximum absolute atomic E-state index is 12.9. The Morgan fingerprint density at radius 2 is 0.987 bits per heavy atom. The molecular weight excluding hydrogens is 1020 g/mol. The quantitative estimate of drug-likeness (QED) is 0.0507. The molecule has 76 heavy (non-hydrogen) atoms. The van der Waals surface area contributed by atoms with Crippen molar-refractivity contribution in [3.05, 3.63) is 196 Å². The molecule has 0 fully saturated rings. The minimum atomic E-state index is -0.436. The fraction of sp³-hybridized carbons (Fsp3) is 0.0727. The number of urea groups is 2. The lowest BCUT2D eigenvalue weighted by Crippen LogP contribution is -2.20. The van der Waals surface area contributed by atoms with Gasteiger partial charge in [-0.1, -0.05) is 17.3 Å². The first-order valence-electron chi connectivity index (χ1n) is 23.3. The molecule has 0 atom stereocenters.